The number of pyridine rings is 1. The normalized spacial score (nSPS) is 26.7. The number of cyclic esters (lactones) is 1. The average molecular weight is 508 g/mol. The third-order valence-electron chi connectivity index (χ3n) is 6.65. The van der Waals surface area contributed by atoms with E-state index in [0.29, 0.717) is 25.1 Å². The van der Waals surface area contributed by atoms with Gasteiger partial charge in [0.15, 0.2) is 0 Å². The molecule has 0 spiro atoms. The number of nitrogens with one attached hydrogen (secondary N) is 3. The fourth-order valence-corrected chi connectivity index (χ4v) is 4.46. The van der Waals surface area contributed by atoms with E-state index in [1.165, 1.54) is 11.1 Å². The van der Waals surface area contributed by atoms with Crippen molar-refractivity contribution in [1.82, 2.24) is 26.1 Å². The van der Waals surface area contributed by atoms with Crippen LogP contribution in [0.15, 0.2) is 36.5 Å². The number of esters is 1. The first-order chi connectivity index (χ1) is 17.6. The first kappa shape index (κ1) is 26.3. The van der Waals surface area contributed by atoms with E-state index in [4.69, 9.17) is 4.74 Å². The van der Waals surface area contributed by atoms with E-state index >= 15 is 0 Å². The number of hydrogen-bond acceptors (Lipinski definition) is 7. The maximum atomic E-state index is 13.1. The van der Waals surface area contributed by atoms with Crippen molar-refractivity contribution >= 4 is 40.5 Å². The summed E-state index contributed by atoms with van der Waals surface area (Å²) in [6.45, 7) is 7.39. The van der Waals surface area contributed by atoms with Crippen LogP contribution in [0.1, 0.15) is 57.9 Å². The van der Waals surface area contributed by atoms with Gasteiger partial charge in [-0.05, 0) is 61.8 Å². The lowest BCUT2D eigenvalue weighted by atomic mass is 10.0. The van der Waals surface area contributed by atoms with Gasteiger partial charge in [0.2, 0.25) is 11.8 Å². The van der Waals surface area contributed by atoms with Crippen LogP contribution in [0.4, 0.5) is 0 Å². The topological polar surface area (TPSA) is 130 Å². The predicted molar refractivity (Wildman–Crippen MR) is 138 cm³/mol. The Bertz CT molecular complexity index is 1240. The third-order valence-corrected chi connectivity index (χ3v) is 6.65. The number of ether oxygens (including phenoxy) is 1. The predicted octanol–water partition coefficient (Wildman–Crippen LogP) is 2.01. The molecule has 0 radical (unpaired) electrons. The van der Waals surface area contributed by atoms with Crippen LogP contribution in [0.25, 0.3) is 16.8 Å². The second kappa shape index (κ2) is 11.1. The van der Waals surface area contributed by atoms with Crippen molar-refractivity contribution in [3.05, 3.63) is 47.8 Å². The Morgan fingerprint density at radius 1 is 1.03 bits per heavy atom. The fourth-order valence-electron chi connectivity index (χ4n) is 4.46. The first-order valence-corrected chi connectivity index (χ1v) is 12.6. The summed E-state index contributed by atoms with van der Waals surface area (Å²) in [4.78, 5) is 56.0. The lowest BCUT2D eigenvalue weighted by molar-refractivity contribution is -0.157. The zero-order valence-electron chi connectivity index (χ0n) is 21.5. The molecule has 4 rings (SSSR count). The summed E-state index contributed by atoms with van der Waals surface area (Å²) in [5.74, 6) is -1.96. The van der Waals surface area contributed by atoms with Gasteiger partial charge >= 0.3 is 5.97 Å². The minimum absolute atomic E-state index is 0.219. The zero-order valence-corrected chi connectivity index (χ0v) is 21.5. The summed E-state index contributed by atoms with van der Waals surface area (Å²) in [5.41, 5.74) is 4.34. The van der Waals surface area contributed by atoms with Gasteiger partial charge in [-0.15, -0.1) is 0 Å². The van der Waals surface area contributed by atoms with Crippen molar-refractivity contribution in [1.29, 1.82) is 0 Å². The Morgan fingerprint density at radius 2 is 1.81 bits per heavy atom. The van der Waals surface area contributed by atoms with Crippen molar-refractivity contribution in [2.45, 2.75) is 64.8 Å². The molecule has 1 fully saturated rings. The highest BCUT2D eigenvalue weighted by Crippen LogP contribution is 2.24. The number of hydrogen-bond donors (Lipinski definition) is 3. The molecule has 3 heterocycles. The van der Waals surface area contributed by atoms with E-state index in [1.807, 2.05) is 38.1 Å². The van der Waals surface area contributed by atoms with Gasteiger partial charge < -0.3 is 15.4 Å². The molecule has 3 amide bonds. The Kier molecular flexibility index (Phi) is 7.87. The number of nitrogens with zero attached hydrogens (tertiary/aromatic N) is 2. The molecule has 4 atom stereocenters. The van der Waals surface area contributed by atoms with E-state index in [1.54, 1.807) is 26.1 Å². The van der Waals surface area contributed by atoms with E-state index in [0.717, 1.165) is 16.3 Å². The SMILES string of the molecule is CC(C)[C@@H]1NC(=O)/C=C\c2cc3cc(ccc3cn2)[C@@H](C)OC(=O)[C@@H]2CCCN(N2)C(=O)[C@H](C)NC1=O. The van der Waals surface area contributed by atoms with Gasteiger partial charge in [0, 0.05) is 24.2 Å². The van der Waals surface area contributed by atoms with Gasteiger partial charge in [0.25, 0.3) is 5.91 Å². The quantitative estimate of drug-likeness (QED) is 0.504. The van der Waals surface area contributed by atoms with Crippen molar-refractivity contribution in [2.24, 2.45) is 5.92 Å². The molecule has 2 aliphatic heterocycles. The maximum Gasteiger partial charge on any atom is 0.325 e. The molecule has 1 aromatic heterocycles. The largest absolute Gasteiger partial charge is 0.457 e. The lowest BCUT2D eigenvalue weighted by Crippen LogP contribution is -2.61. The molecule has 196 valence electrons. The standard InChI is InChI=1S/C27H33N5O5/c1-15(2)24-25(34)29-16(3)26(35)32-11-5-6-22(31-32)27(36)37-17(4)18-7-8-19-14-28-21(13-20(19)12-18)9-10-23(33)30-24/h7-10,12-17,22,24,31H,5-6,11H2,1-4H3,(H,29,34)(H,30,33)/b10-9-/t16-,17+,22-,24-/m0/s1. The van der Waals surface area contributed by atoms with Crippen LogP contribution in [0, 0.1) is 5.92 Å². The molecule has 1 aromatic carbocycles. The Hall–Kier alpha value is -3.79. The first-order valence-electron chi connectivity index (χ1n) is 12.6. The summed E-state index contributed by atoms with van der Waals surface area (Å²) < 4.78 is 5.74. The van der Waals surface area contributed by atoms with Gasteiger partial charge in [-0.25, -0.2) is 5.43 Å². The van der Waals surface area contributed by atoms with Crippen molar-refractivity contribution in [3.8, 4) is 0 Å². The van der Waals surface area contributed by atoms with Gasteiger partial charge in [-0.1, -0.05) is 26.0 Å². The van der Waals surface area contributed by atoms with Crippen LogP contribution < -0.4 is 16.1 Å². The summed E-state index contributed by atoms with van der Waals surface area (Å²) in [7, 11) is 0. The molecule has 3 N–H and O–H groups in total. The molecular formula is C27H33N5O5. The van der Waals surface area contributed by atoms with Gasteiger partial charge in [0.1, 0.15) is 24.2 Å². The number of carbonyl (C=O) groups is 4. The van der Waals surface area contributed by atoms with Crippen LogP contribution in [-0.4, -0.2) is 58.4 Å². The molecule has 0 aliphatic carbocycles. The second-order valence-electron chi connectivity index (χ2n) is 9.90. The molecule has 0 saturated carbocycles. The monoisotopic (exact) mass is 507 g/mol. The molecule has 2 aromatic rings. The fraction of sp³-hybridized carbons (Fsp3) is 0.444. The van der Waals surface area contributed by atoms with Crippen molar-refractivity contribution in [2.75, 3.05) is 6.54 Å². The van der Waals surface area contributed by atoms with Crippen molar-refractivity contribution in [3.63, 3.8) is 0 Å². The number of carbonyl (C=O) groups excluding carboxylic acids is 4. The molecule has 0 unspecified atom stereocenters. The highest BCUT2D eigenvalue weighted by atomic mass is 16.5. The van der Waals surface area contributed by atoms with Crippen LogP contribution in [0.2, 0.25) is 0 Å². The van der Waals surface area contributed by atoms with Crippen molar-refractivity contribution < 1.29 is 23.9 Å². The third kappa shape index (κ3) is 6.14. The number of aromatic nitrogens is 1. The minimum atomic E-state index is -0.869. The molecular weight excluding hydrogens is 474 g/mol. The molecule has 37 heavy (non-hydrogen) atoms. The molecule has 1 saturated heterocycles. The van der Waals surface area contributed by atoms with Gasteiger partial charge in [-0.3, -0.25) is 29.2 Å². The van der Waals surface area contributed by atoms with Crippen LogP contribution in [-0.2, 0) is 23.9 Å². The molecule has 2 aliphatic rings. The van der Waals surface area contributed by atoms with Gasteiger partial charge in [0.05, 0.1) is 5.69 Å². The van der Waals surface area contributed by atoms with E-state index < -0.39 is 42.0 Å². The Morgan fingerprint density at radius 3 is 2.57 bits per heavy atom. The Labute approximate surface area is 215 Å². The second-order valence-corrected chi connectivity index (χ2v) is 9.90. The Balaban J connectivity index is 1.68. The summed E-state index contributed by atoms with van der Waals surface area (Å²) in [5, 5.41) is 8.57. The molecule has 10 nitrogen and oxygen atoms in total. The number of amides is 3. The maximum absolute atomic E-state index is 13.1. The summed E-state index contributed by atoms with van der Waals surface area (Å²) >= 11 is 0. The minimum Gasteiger partial charge on any atom is -0.457 e. The number of fused-ring (bicyclic) bond motifs is 4. The summed E-state index contributed by atoms with van der Waals surface area (Å²) in [6.07, 6.45) is 5.23. The highest BCUT2D eigenvalue weighted by Gasteiger charge is 2.33. The van der Waals surface area contributed by atoms with Crippen LogP contribution >= 0.6 is 0 Å². The molecule has 5 bridgehead atoms. The lowest BCUT2D eigenvalue weighted by Gasteiger charge is -2.35. The van der Waals surface area contributed by atoms with E-state index in [2.05, 4.69) is 21.0 Å². The van der Waals surface area contributed by atoms with E-state index in [9.17, 15) is 19.2 Å². The number of hydrazine groups is 1. The number of rotatable bonds is 1. The smallest absolute Gasteiger partial charge is 0.325 e. The highest BCUT2D eigenvalue weighted by molar-refractivity contribution is 5.97. The average Bonchev–Trinajstić information content (AvgIpc) is 2.88. The van der Waals surface area contributed by atoms with Crippen LogP contribution in [0.3, 0.4) is 0 Å². The zero-order chi connectivity index (χ0) is 26.7. The van der Waals surface area contributed by atoms with Gasteiger partial charge in [-0.2, -0.15) is 0 Å². The van der Waals surface area contributed by atoms with Crippen LogP contribution in [0.5, 0.6) is 0 Å². The summed E-state index contributed by atoms with van der Waals surface area (Å²) in [6, 6.07) is 5.16. The number of benzene rings is 1. The van der Waals surface area contributed by atoms with E-state index in [-0.39, 0.29) is 11.8 Å². The molecule has 10 heteroatoms.